The van der Waals surface area contributed by atoms with Gasteiger partial charge in [-0.25, -0.2) is 0 Å². The minimum absolute atomic E-state index is 0.0361. The summed E-state index contributed by atoms with van der Waals surface area (Å²) in [6, 6.07) is 13.6. The van der Waals surface area contributed by atoms with Gasteiger partial charge in [-0.05, 0) is 37.5 Å². The van der Waals surface area contributed by atoms with Crippen LogP contribution < -0.4 is 4.74 Å². The number of carbonyl (C=O) groups is 2. The van der Waals surface area contributed by atoms with Crippen LogP contribution in [0.5, 0.6) is 5.75 Å². The molecule has 1 saturated carbocycles. The first-order valence-corrected chi connectivity index (χ1v) is 9.77. The highest BCUT2D eigenvalue weighted by atomic mass is 16.5. The van der Waals surface area contributed by atoms with Gasteiger partial charge in [0.2, 0.25) is 0 Å². The second-order valence-electron chi connectivity index (χ2n) is 7.57. The van der Waals surface area contributed by atoms with Gasteiger partial charge in [0.05, 0.1) is 12.6 Å². The predicted molar refractivity (Wildman–Crippen MR) is 104 cm³/mol. The van der Waals surface area contributed by atoms with Crippen molar-refractivity contribution >= 4 is 11.7 Å². The van der Waals surface area contributed by atoms with E-state index < -0.39 is 0 Å². The topological polar surface area (TPSA) is 46.6 Å². The van der Waals surface area contributed by atoms with E-state index in [2.05, 4.69) is 31.2 Å². The van der Waals surface area contributed by atoms with Crippen LogP contribution in [0.2, 0.25) is 0 Å². The third kappa shape index (κ3) is 3.61. The fraction of sp³-hybridized carbons (Fsp3) is 0.391. The van der Waals surface area contributed by atoms with Gasteiger partial charge < -0.3 is 9.64 Å². The molecular weight excluding hydrogens is 338 g/mol. The number of hydrogen-bond donors (Lipinski definition) is 0. The molecule has 140 valence electrons. The van der Waals surface area contributed by atoms with Crippen molar-refractivity contribution < 1.29 is 14.3 Å². The molecule has 1 aliphatic carbocycles. The number of aryl methyl sites for hydroxylation is 1. The smallest absolute Gasteiger partial charge is 0.255 e. The van der Waals surface area contributed by atoms with E-state index in [1.54, 1.807) is 4.90 Å². The van der Waals surface area contributed by atoms with Crippen molar-refractivity contribution in [2.45, 2.75) is 58.2 Å². The first kappa shape index (κ1) is 17.8. The zero-order valence-electron chi connectivity index (χ0n) is 15.7. The second-order valence-corrected chi connectivity index (χ2v) is 7.57. The lowest BCUT2D eigenvalue weighted by Gasteiger charge is -2.25. The fourth-order valence-electron chi connectivity index (χ4n) is 4.03. The summed E-state index contributed by atoms with van der Waals surface area (Å²) in [6.07, 6.45) is 4.38. The Morgan fingerprint density at radius 1 is 1.04 bits per heavy atom. The molecule has 0 aromatic heterocycles. The standard InChI is InChI=1S/C23H25NO3/c1-16-10-12-17(13-11-16)15-27-22-9-5-6-18-19(22)14-24(23(18)26)20-7-3-2-4-8-21(20)25/h5-6,9-13,20H,2-4,7-8,14-15H2,1H3/t20-/m0/s1. The van der Waals surface area contributed by atoms with Crippen molar-refractivity contribution in [1.29, 1.82) is 0 Å². The highest BCUT2D eigenvalue weighted by molar-refractivity contribution is 6.02. The zero-order valence-corrected chi connectivity index (χ0v) is 15.7. The van der Waals surface area contributed by atoms with Crippen molar-refractivity contribution in [3.63, 3.8) is 0 Å². The molecule has 2 aliphatic rings. The molecule has 1 atom stereocenters. The molecule has 1 amide bonds. The fourth-order valence-corrected chi connectivity index (χ4v) is 4.03. The van der Waals surface area contributed by atoms with E-state index in [1.807, 2.05) is 18.2 Å². The lowest BCUT2D eigenvalue weighted by molar-refractivity contribution is -0.123. The maximum atomic E-state index is 12.9. The number of ether oxygens (including phenoxy) is 1. The van der Waals surface area contributed by atoms with Crippen molar-refractivity contribution in [3.8, 4) is 5.75 Å². The van der Waals surface area contributed by atoms with Crippen LogP contribution in [0.25, 0.3) is 0 Å². The van der Waals surface area contributed by atoms with Gasteiger partial charge in [0.1, 0.15) is 12.4 Å². The van der Waals surface area contributed by atoms with Gasteiger partial charge in [0.25, 0.3) is 5.91 Å². The Morgan fingerprint density at radius 3 is 2.67 bits per heavy atom. The second kappa shape index (κ2) is 7.55. The number of hydrogen-bond acceptors (Lipinski definition) is 3. The molecule has 27 heavy (non-hydrogen) atoms. The molecule has 0 spiro atoms. The number of Topliss-reactive ketones (excluding diaryl/α,β-unsaturated/α-hetero) is 1. The summed E-state index contributed by atoms with van der Waals surface area (Å²) in [7, 11) is 0. The third-order valence-corrected chi connectivity index (χ3v) is 5.62. The largest absolute Gasteiger partial charge is 0.489 e. The molecule has 1 heterocycles. The van der Waals surface area contributed by atoms with Crippen molar-refractivity contribution in [1.82, 2.24) is 4.90 Å². The van der Waals surface area contributed by atoms with E-state index in [-0.39, 0.29) is 17.7 Å². The number of carbonyl (C=O) groups excluding carboxylic acids is 2. The summed E-state index contributed by atoms with van der Waals surface area (Å²) in [6.45, 7) is 2.99. The van der Waals surface area contributed by atoms with Gasteiger partial charge in [-0.2, -0.15) is 0 Å². The maximum absolute atomic E-state index is 12.9. The number of rotatable bonds is 4. The van der Waals surface area contributed by atoms with Crippen molar-refractivity contribution in [2.75, 3.05) is 0 Å². The molecular formula is C23H25NO3. The number of fused-ring (bicyclic) bond motifs is 1. The van der Waals surface area contributed by atoms with Crippen molar-refractivity contribution in [3.05, 3.63) is 64.7 Å². The molecule has 1 aliphatic heterocycles. The summed E-state index contributed by atoms with van der Waals surface area (Å²) in [4.78, 5) is 27.2. The molecule has 0 N–H and O–H groups in total. The van der Waals surface area contributed by atoms with Gasteiger partial charge in [-0.1, -0.05) is 48.7 Å². The van der Waals surface area contributed by atoms with Gasteiger partial charge in [-0.15, -0.1) is 0 Å². The van der Waals surface area contributed by atoms with Crippen LogP contribution in [0.1, 0.15) is 59.2 Å². The Labute approximate surface area is 160 Å². The molecule has 2 aromatic carbocycles. The molecule has 0 saturated heterocycles. The number of ketones is 1. The van der Waals surface area contributed by atoms with Gasteiger partial charge in [-0.3, -0.25) is 9.59 Å². The lowest BCUT2D eigenvalue weighted by atomic mass is 10.1. The van der Waals surface area contributed by atoms with Gasteiger partial charge in [0, 0.05) is 17.5 Å². The SMILES string of the molecule is Cc1ccc(COc2cccc3c2CN([C@H]2CCCCCC2=O)C3=O)cc1. The Kier molecular flexibility index (Phi) is 4.97. The number of benzene rings is 2. The minimum Gasteiger partial charge on any atom is -0.489 e. The molecule has 2 aromatic rings. The first-order valence-electron chi connectivity index (χ1n) is 9.77. The molecule has 0 bridgehead atoms. The molecule has 0 unspecified atom stereocenters. The van der Waals surface area contributed by atoms with E-state index in [1.165, 1.54) is 5.56 Å². The lowest BCUT2D eigenvalue weighted by Crippen LogP contribution is -2.40. The van der Waals surface area contributed by atoms with Crippen LogP contribution in [0.3, 0.4) is 0 Å². The van der Waals surface area contributed by atoms with Crippen molar-refractivity contribution in [2.24, 2.45) is 0 Å². The molecule has 0 radical (unpaired) electrons. The monoisotopic (exact) mass is 363 g/mol. The highest BCUT2D eigenvalue weighted by Gasteiger charge is 2.37. The van der Waals surface area contributed by atoms with Crippen LogP contribution >= 0.6 is 0 Å². The molecule has 4 rings (SSSR count). The van der Waals surface area contributed by atoms with Crippen LogP contribution in [0.4, 0.5) is 0 Å². The minimum atomic E-state index is -0.280. The quantitative estimate of drug-likeness (QED) is 0.755. The van der Waals surface area contributed by atoms with Gasteiger partial charge in [0.15, 0.2) is 5.78 Å². The number of amides is 1. The summed E-state index contributed by atoms with van der Waals surface area (Å²) >= 11 is 0. The van der Waals surface area contributed by atoms with E-state index in [4.69, 9.17) is 4.74 Å². The predicted octanol–water partition coefficient (Wildman–Crippen LogP) is 4.43. The van der Waals surface area contributed by atoms with Crippen LogP contribution in [-0.4, -0.2) is 22.6 Å². The summed E-state index contributed by atoms with van der Waals surface area (Å²) in [5.41, 5.74) is 3.90. The van der Waals surface area contributed by atoms with Crippen LogP contribution in [-0.2, 0) is 17.9 Å². The Balaban J connectivity index is 1.53. The normalized spacial score (nSPS) is 19.7. The van der Waals surface area contributed by atoms with Gasteiger partial charge >= 0.3 is 0 Å². The van der Waals surface area contributed by atoms with Crippen LogP contribution in [0, 0.1) is 6.92 Å². The Morgan fingerprint density at radius 2 is 1.85 bits per heavy atom. The maximum Gasteiger partial charge on any atom is 0.255 e. The zero-order chi connectivity index (χ0) is 18.8. The Bertz CT molecular complexity index is 856. The highest BCUT2D eigenvalue weighted by Crippen LogP contribution is 2.34. The molecule has 4 heteroatoms. The Hall–Kier alpha value is -2.62. The van der Waals surface area contributed by atoms with E-state index in [0.717, 1.165) is 42.6 Å². The van der Waals surface area contributed by atoms with E-state index in [0.29, 0.717) is 25.1 Å². The van der Waals surface area contributed by atoms with E-state index >= 15 is 0 Å². The summed E-state index contributed by atoms with van der Waals surface area (Å²) < 4.78 is 6.05. The molecule has 1 fully saturated rings. The summed E-state index contributed by atoms with van der Waals surface area (Å²) in [5, 5.41) is 0. The third-order valence-electron chi connectivity index (χ3n) is 5.62. The number of nitrogens with zero attached hydrogens (tertiary/aromatic N) is 1. The summed E-state index contributed by atoms with van der Waals surface area (Å²) in [5.74, 6) is 0.909. The molecule has 4 nitrogen and oxygen atoms in total. The van der Waals surface area contributed by atoms with E-state index in [9.17, 15) is 9.59 Å². The first-order chi connectivity index (χ1) is 13.1. The van der Waals surface area contributed by atoms with Crippen LogP contribution in [0.15, 0.2) is 42.5 Å². The average molecular weight is 363 g/mol. The average Bonchev–Trinajstić information content (AvgIpc) is 2.86.